The fourth-order valence-electron chi connectivity index (χ4n) is 3.51. The molecule has 124 valence electrons. The molecule has 7 nitrogen and oxygen atoms in total. The Bertz CT molecular complexity index is 927. The minimum absolute atomic E-state index is 0.0664. The molecule has 0 bridgehead atoms. The van der Waals surface area contributed by atoms with Crippen LogP contribution in [-0.2, 0) is 4.74 Å². The van der Waals surface area contributed by atoms with Gasteiger partial charge in [0.25, 0.3) is 0 Å². The number of anilines is 1. The van der Waals surface area contributed by atoms with Crippen LogP contribution in [0.3, 0.4) is 0 Å². The van der Waals surface area contributed by atoms with E-state index < -0.39 is 0 Å². The smallest absolute Gasteiger partial charge is 0.323 e. The van der Waals surface area contributed by atoms with Gasteiger partial charge in [-0.2, -0.15) is 0 Å². The molecule has 0 atom stereocenters. The number of carbonyl (C=O) groups excluding carboxylic acids is 1. The van der Waals surface area contributed by atoms with Crippen molar-refractivity contribution in [1.29, 1.82) is 0 Å². The zero-order chi connectivity index (χ0) is 16.1. The van der Waals surface area contributed by atoms with E-state index in [-0.39, 0.29) is 6.03 Å². The zero-order valence-corrected chi connectivity index (χ0v) is 13.9. The van der Waals surface area contributed by atoms with Crippen molar-refractivity contribution in [2.45, 2.75) is 18.9 Å². The lowest BCUT2D eigenvalue weighted by Gasteiger charge is -2.23. The van der Waals surface area contributed by atoms with E-state index in [9.17, 15) is 4.79 Å². The van der Waals surface area contributed by atoms with Crippen LogP contribution in [0.15, 0.2) is 18.5 Å². The highest BCUT2D eigenvalue weighted by molar-refractivity contribution is 7.22. The number of thiazole rings is 1. The summed E-state index contributed by atoms with van der Waals surface area (Å²) >= 11 is 1.56. The number of hydrogen-bond acceptors (Lipinski definition) is 5. The summed E-state index contributed by atoms with van der Waals surface area (Å²) in [5, 5.41) is 3.59. The van der Waals surface area contributed by atoms with Gasteiger partial charge in [0.15, 0.2) is 5.13 Å². The number of fused-ring (bicyclic) bond motifs is 3. The molecule has 1 N–H and O–H groups in total. The molecule has 2 aliphatic heterocycles. The number of ether oxygens (including phenoxy) is 1. The van der Waals surface area contributed by atoms with Crippen LogP contribution in [0.5, 0.6) is 0 Å². The highest BCUT2D eigenvalue weighted by Crippen LogP contribution is 2.36. The Morgan fingerprint density at radius 2 is 2.17 bits per heavy atom. The van der Waals surface area contributed by atoms with Crippen molar-refractivity contribution in [3.8, 4) is 0 Å². The van der Waals surface area contributed by atoms with Crippen LogP contribution < -0.4 is 10.2 Å². The molecular weight excluding hydrogens is 326 g/mol. The molecule has 0 saturated carbocycles. The van der Waals surface area contributed by atoms with Crippen LogP contribution in [0.4, 0.5) is 9.93 Å². The Balaban J connectivity index is 1.66. The van der Waals surface area contributed by atoms with Crippen LogP contribution in [0.2, 0.25) is 0 Å². The van der Waals surface area contributed by atoms with E-state index in [4.69, 9.17) is 9.72 Å². The number of aromatic nitrogens is 3. The van der Waals surface area contributed by atoms with Crippen molar-refractivity contribution in [3.63, 3.8) is 0 Å². The summed E-state index contributed by atoms with van der Waals surface area (Å²) < 4.78 is 8.82. The van der Waals surface area contributed by atoms with Gasteiger partial charge in [0.1, 0.15) is 5.52 Å². The van der Waals surface area contributed by atoms with Crippen molar-refractivity contribution >= 4 is 43.7 Å². The predicted octanol–water partition coefficient (Wildman–Crippen LogP) is 2.53. The number of rotatable bonds is 2. The van der Waals surface area contributed by atoms with Crippen LogP contribution in [0.1, 0.15) is 18.9 Å². The third kappa shape index (κ3) is 2.10. The number of nitrogens with one attached hydrogen (secondary N) is 1. The van der Waals surface area contributed by atoms with Crippen LogP contribution >= 0.6 is 11.3 Å². The van der Waals surface area contributed by atoms with Gasteiger partial charge in [-0.1, -0.05) is 11.3 Å². The number of nitrogens with zero attached hydrogens (tertiary/aromatic N) is 4. The van der Waals surface area contributed by atoms with Gasteiger partial charge in [-0.15, -0.1) is 0 Å². The Labute approximate surface area is 142 Å². The maximum atomic E-state index is 11.9. The second-order valence-electron chi connectivity index (χ2n) is 6.16. The Morgan fingerprint density at radius 1 is 1.29 bits per heavy atom. The molecule has 1 aromatic carbocycles. The van der Waals surface area contributed by atoms with Crippen LogP contribution in [-0.4, -0.2) is 46.9 Å². The molecule has 0 unspecified atom stereocenters. The average molecular weight is 343 g/mol. The van der Waals surface area contributed by atoms with Gasteiger partial charge in [0.2, 0.25) is 0 Å². The van der Waals surface area contributed by atoms with E-state index in [0.717, 1.165) is 52.4 Å². The molecule has 5 rings (SSSR count). The van der Waals surface area contributed by atoms with Gasteiger partial charge in [-0.25, -0.2) is 14.8 Å². The Hall–Kier alpha value is -2.19. The highest BCUT2D eigenvalue weighted by atomic mass is 32.1. The van der Waals surface area contributed by atoms with Crippen molar-refractivity contribution in [1.82, 2.24) is 19.9 Å². The number of urea groups is 1. The Morgan fingerprint density at radius 3 is 2.96 bits per heavy atom. The summed E-state index contributed by atoms with van der Waals surface area (Å²) in [5.74, 6) is 0. The number of hydrogen-bond donors (Lipinski definition) is 1. The zero-order valence-electron chi connectivity index (χ0n) is 13.1. The summed E-state index contributed by atoms with van der Waals surface area (Å²) in [4.78, 5) is 23.0. The lowest BCUT2D eigenvalue weighted by molar-refractivity contribution is 0.0706. The molecule has 2 aromatic heterocycles. The monoisotopic (exact) mass is 343 g/mol. The second kappa shape index (κ2) is 5.42. The molecule has 3 aromatic rings. The minimum atomic E-state index is -0.0664. The minimum Gasteiger partial charge on any atom is -0.381 e. The SMILES string of the molecule is O=C1NCCN1c1nc2c(ccc3ncn(C4CCOCC4)c32)s1. The molecule has 2 saturated heterocycles. The first-order chi connectivity index (χ1) is 11.8. The van der Waals surface area contributed by atoms with Gasteiger partial charge < -0.3 is 14.6 Å². The lowest BCUT2D eigenvalue weighted by atomic mass is 10.1. The summed E-state index contributed by atoms with van der Waals surface area (Å²) in [7, 11) is 0. The third-order valence-electron chi connectivity index (χ3n) is 4.75. The summed E-state index contributed by atoms with van der Waals surface area (Å²) in [5.41, 5.74) is 2.97. The molecule has 4 heterocycles. The topological polar surface area (TPSA) is 72.3 Å². The summed E-state index contributed by atoms with van der Waals surface area (Å²) in [6, 6.07) is 4.42. The fourth-order valence-corrected chi connectivity index (χ4v) is 4.50. The Kier molecular flexibility index (Phi) is 3.20. The van der Waals surface area contributed by atoms with Crippen LogP contribution in [0, 0.1) is 0 Å². The van der Waals surface area contributed by atoms with Gasteiger partial charge >= 0.3 is 6.03 Å². The van der Waals surface area contributed by atoms with Crippen molar-refractivity contribution in [2.75, 3.05) is 31.2 Å². The first-order valence-electron chi connectivity index (χ1n) is 8.20. The molecule has 0 spiro atoms. The van der Waals surface area contributed by atoms with E-state index in [1.165, 1.54) is 0 Å². The van der Waals surface area contributed by atoms with E-state index in [1.807, 2.05) is 18.5 Å². The first kappa shape index (κ1) is 14.2. The number of amides is 2. The van der Waals surface area contributed by atoms with Gasteiger partial charge in [-0.05, 0) is 25.0 Å². The summed E-state index contributed by atoms with van der Waals surface area (Å²) in [6.45, 7) is 2.92. The molecular formula is C16H17N5O2S. The highest BCUT2D eigenvalue weighted by Gasteiger charge is 2.26. The summed E-state index contributed by atoms with van der Waals surface area (Å²) in [6.07, 6.45) is 3.91. The molecule has 8 heteroatoms. The molecule has 0 radical (unpaired) electrons. The fraction of sp³-hybridized carbons (Fsp3) is 0.438. The van der Waals surface area contributed by atoms with Crippen LogP contribution in [0.25, 0.3) is 21.3 Å². The number of imidazole rings is 1. The van der Waals surface area contributed by atoms with E-state index in [0.29, 0.717) is 19.1 Å². The molecule has 24 heavy (non-hydrogen) atoms. The predicted molar refractivity (Wildman–Crippen MR) is 92.7 cm³/mol. The molecule has 2 fully saturated rings. The molecule has 0 aliphatic carbocycles. The maximum absolute atomic E-state index is 11.9. The quantitative estimate of drug-likeness (QED) is 0.776. The normalized spacial score (nSPS) is 19.5. The van der Waals surface area contributed by atoms with E-state index >= 15 is 0 Å². The largest absolute Gasteiger partial charge is 0.381 e. The van der Waals surface area contributed by atoms with Crippen molar-refractivity contribution in [2.24, 2.45) is 0 Å². The molecule has 2 aliphatic rings. The number of carbonyl (C=O) groups is 1. The standard InChI is InChI=1S/C16H17N5O2S/c22-15-17-5-6-20(15)16-19-13-12(24-16)2-1-11-14(13)21(9-18-11)10-3-7-23-8-4-10/h1-2,9-10H,3-8H2,(H,17,22). The first-order valence-corrected chi connectivity index (χ1v) is 9.02. The maximum Gasteiger partial charge on any atom is 0.323 e. The average Bonchev–Trinajstić information content (AvgIpc) is 3.31. The van der Waals surface area contributed by atoms with E-state index in [2.05, 4.69) is 14.9 Å². The van der Waals surface area contributed by atoms with Gasteiger partial charge in [0.05, 0.1) is 22.1 Å². The van der Waals surface area contributed by atoms with Gasteiger partial charge in [-0.3, -0.25) is 4.90 Å². The second-order valence-corrected chi connectivity index (χ2v) is 7.16. The third-order valence-corrected chi connectivity index (χ3v) is 5.80. The lowest BCUT2D eigenvalue weighted by Crippen LogP contribution is -2.27. The van der Waals surface area contributed by atoms with Gasteiger partial charge in [0, 0.05) is 32.3 Å². The number of benzene rings is 1. The van der Waals surface area contributed by atoms with Crippen molar-refractivity contribution in [3.05, 3.63) is 18.5 Å². The van der Waals surface area contributed by atoms with E-state index in [1.54, 1.807) is 16.2 Å². The van der Waals surface area contributed by atoms with Crippen molar-refractivity contribution < 1.29 is 9.53 Å². The molecule has 2 amide bonds.